The zero-order valence-electron chi connectivity index (χ0n) is 25.9. The van der Waals surface area contributed by atoms with E-state index in [1.807, 2.05) is 60.7 Å². The fourth-order valence-corrected chi connectivity index (χ4v) is 7.02. The van der Waals surface area contributed by atoms with Gasteiger partial charge in [0.2, 0.25) is 5.82 Å². The van der Waals surface area contributed by atoms with E-state index in [1.54, 1.807) is 11.3 Å². The van der Waals surface area contributed by atoms with Crippen molar-refractivity contribution in [2.75, 3.05) is 31.5 Å². The summed E-state index contributed by atoms with van der Waals surface area (Å²) >= 11 is 1.70. The number of carbonyl (C=O) groups excluding carboxylic acids is 1. The van der Waals surface area contributed by atoms with Gasteiger partial charge in [-0.05, 0) is 108 Å². The summed E-state index contributed by atoms with van der Waals surface area (Å²) < 4.78 is 14.1. The number of H-pyrrole nitrogens is 1. The molecule has 2 aliphatic rings. The maximum atomic E-state index is 13.8. The molecule has 0 unspecified atom stereocenters. The molecule has 2 aromatic heterocycles. The van der Waals surface area contributed by atoms with E-state index in [9.17, 15) is 4.79 Å². The third kappa shape index (κ3) is 6.76. The van der Waals surface area contributed by atoms with Gasteiger partial charge < -0.3 is 25.4 Å². The number of aromatic nitrogens is 4. The lowest BCUT2D eigenvalue weighted by molar-refractivity contribution is 0.102. The predicted molar refractivity (Wildman–Crippen MR) is 191 cm³/mol. The first-order valence-electron chi connectivity index (χ1n) is 15.8. The quantitative estimate of drug-likeness (QED) is 0.135. The number of hydrogen-bond acceptors (Lipinski definition) is 9. The molecule has 1 amide bonds. The van der Waals surface area contributed by atoms with E-state index >= 15 is 0 Å². The average molecular weight is 680 g/mol. The molecule has 6 aromatic rings. The molecule has 2 atom stereocenters. The van der Waals surface area contributed by atoms with Crippen LogP contribution in [0.5, 0.6) is 11.5 Å². The molecule has 0 bridgehead atoms. The van der Waals surface area contributed by atoms with Gasteiger partial charge in [-0.1, -0.05) is 30.3 Å². The van der Waals surface area contributed by atoms with Gasteiger partial charge in [-0.15, -0.1) is 33.9 Å². The Morgan fingerprint density at radius 3 is 2.25 bits per heavy atom. The van der Waals surface area contributed by atoms with Crippen LogP contribution in [0.2, 0.25) is 0 Å². The Morgan fingerprint density at radius 1 is 0.792 bits per heavy atom. The number of ether oxygens (including phenoxy) is 2. The number of benzene rings is 4. The molecule has 48 heavy (non-hydrogen) atoms. The largest absolute Gasteiger partial charge is 0.488 e. The van der Waals surface area contributed by atoms with Gasteiger partial charge in [0, 0.05) is 45.7 Å². The minimum atomic E-state index is -0.210. The van der Waals surface area contributed by atoms with Crippen molar-refractivity contribution in [2.45, 2.75) is 25.0 Å². The van der Waals surface area contributed by atoms with Crippen LogP contribution in [0.1, 0.15) is 23.2 Å². The molecule has 8 rings (SSSR count). The fourth-order valence-electron chi connectivity index (χ4n) is 6.19. The molecular weight excluding hydrogens is 646 g/mol. The molecule has 4 N–H and O–H groups in total. The van der Waals surface area contributed by atoms with Crippen LogP contribution in [-0.4, -0.2) is 64.9 Å². The van der Waals surface area contributed by atoms with Gasteiger partial charge in [0.1, 0.15) is 23.7 Å². The van der Waals surface area contributed by atoms with Crippen LogP contribution in [0.4, 0.5) is 5.69 Å². The summed E-state index contributed by atoms with van der Waals surface area (Å²) in [6.07, 6.45) is 2.04. The Labute approximate surface area is 287 Å². The van der Waals surface area contributed by atoms with Crippen LogP contribution < -0.4 is 25.4 Å². The van der Waals surface area contributed by atoms with Crippen molar-refractivity contribution in [1.82, 2.24) is 31.3 Å². The summed E-state index contributed by atoms with van der Waals surface area (Å²) in [6, 6.07) is 27.9. The molecule has 244 valence electrons. The summed E-state index contributed by atoms with van der Waals surface area (Å²) in [5, 5.41) is 27.7. The SMILES string of the molecule is Cl.O=C(Nc1ccc(O[C@@H]2CCNC2)c(-c2cccc(-c3nn[nH]n3)c2)c1)c1ccc(O[C@H]2CCNC2)c(-c2ccc3ccsc3c2)c1. The van der Waals surface area contributed by atoms with Crippen molar-refractivity contribution in [3.63, 3.8) is 0 Å². The van der Waals surface area contributed by atoms with Crippen LogP contribution >= 0.6 is 23.7 Å². The van der Waals surface area contributed by atoms with Crippen LogP contribution in [0, 0.1) is 0 Å². The third-order valence-corrected chi connectivity index (χ3v) is 9.52. The van der Waals surface area contributed by atoms with E-state index in [4.69, 9.17) is 9.47 Å². The molecular formula is C36H34ClN7O3S. The lowest BCUT2D eigenvalue weighted by Gasteiger charge is -2.19. The van der Waals surface area contributed by atoms with E-state index < -0.39 is 0 Å². The molecule has 0 aliphatic carbocycles. The number of nitrogens with one attached hydrogen (secondary N) is 4. The Morgan fingerprint density at radius 2 is 1.52 bits per heavy atom. The Kier molecular flexibility index (Phi) is 9.35. The van der Waals surface area contributed by atoms with E-state index in [-0.39, 0.29) is 30.5 Å². The number of aromatic amines is 1. The van der Waals surface area contributed by atoms with Crippen molar-refractivity contribution in [1.29, 1.82) is 0 Å². The number of fused-ring (bicyclic) bond motifs is 1. The van der Waals surface area contributed by atoms with Crippen molar-refractivity contribution in [3.05, 3.63) is 95.9 Å². The molecule has 2 fully saturated rings. The van der Waals surface area contributed by atoms with E-state index in [1.165, 1.54) is 10.1 Å². The Bertz CT molecular complexity index is 2040. The number of thiophene rings is 1. The summed E-state index contributed by atoms with van der Waals surface area (Å²) in [4.78, 5) is 13.8. The Balaban J connectivity index is 0.00000364. The second kappa shape index (κ2) is 14.1. The summed E-state index contributed by atoms with van der Waals surface area (Å²) in [5.41, 5.74) is 5.71. The number of hydrogen-bond donors (Lipinski definition) is 4. The topological polar surface area (TPSA) is 126 Å². The van der Waals surface area contributed by atoms with Gasteiger partial charge in [0.15, 0.2) is 0 Å². The molecule has 0 spiro atoms. The number of anilines is 1. The molecule has 12 heteroatoms. The van der Waals surface area contributed by atoms with E-state index in [0.29, 0.717) is 17.1 Å². The number of nitrogens with zero attached hydrogens (tertiary/aromatic N) is 3. The first-order valence-corrected chi connectivity index (χ1v) is 16.7. The lowest BCUT2D eigenvalue weighted by Crippen LogP contribution is -2.20. The zero-order chi connectivity index (χ0) is 31.6. The minimum absolute atomic E-state index is 0. The number of amides is 1. The second-order valence-electron chi connectivity index (χ2n) is 11.8. The number of halogens is 1. The van der Waals surface area contributed by atoms with Crippen LogP contribution in [0.3, 0.4) is 0 Å². The fraction of sp³-hybridized carbons (Fsp3) is 0.222. The zero-order valence-corrected chi connectivity index (χ0v) is 27.6. The maximum Gasteiger partial charge on any atom is 0.255 e. The normalized spacial score (nSPS) is 17.2. The standard InChI is InChI=1S/C36H33N7O3S.ClH/c44-36(26-6-8-32(45-28-10-13-37-20-28)30(17-26)24-5-4-22-12-15-47-34(22)18-24)39-27-7-9-33(46-29-11-14-38-21-29)31(19-27)23-2-1-3-25(16-23)35-40-42-43-41-35;/h1-9,12,15-19,28-29,37-38H,10-11,13-14,20-21H2,(H,39,44)(H,40,41,42,43);1H/t28-,29+;/m0./s1. The van der Waals surface area contributed by atoms with Gasteiger partial charge in [-0.3, -0.25) is 4.79 Å². The van der Waals surface area contributed by atoms with Crippen molar-refractivity contribution < 1.29 is 14.3 Å². The first-order chi connectivity index (χ1) is 23.2. The summed E-state index contributed by atoms with van der Waals surface area (Å²) in [5.74, 6) is 1.82. The van der Waals surface area contributed by atoms with Crippen molar-refractivity contribution in [3.8, 4) is 45.1 Å². The molecule has 0 radical (unpaired) electrons. The smallest absolute Gasteiger partial charge is 0.255 e. The molecule has 2 saturated heterocycles. The second-order valence-corrected chi connectivity index (χ2v) is 12.8. The molecule has 4 heterocycles. The van der Waals surface area contributed by atoms with Gasteiger partial charge in [0.05, 0.1) is 0 Å². The van der Waals surface area contributed by atoms with Gasteiger partial charge in [0.25, 0.3) is 5.91 Å². The van der Waals surface area contributed by atoms with Crippen molar-refractivity contribution in [2.24, 2.45) is 0 Å². The van der Waals surface area contributed by atoms with Crippen LogP contribution in [0.15, 0.2) is 90.3 Å². The van der Waals surface area contributed by atoms with E-state index in [0.717, 1.165) is 78.3 Å². The maximum absolute atomic E-state index is 13.8. The number of carbonyl (C=O) groups is 1. The van der Waals surface area contributed by atoms with Gasteiger partial charge in [-0.25, -0.2) is 0 Å². The number of tetrazole rings is 1. The number of rotatable bonds is 9. The van der Waals surface area contributed by atoms with Crippen LogP contribution in [-0.2, 0) is 0 Å². The van der Waals surface area contributed by atoms with Gasteiger partial charge >= 0.3 is 0 Å². The predicted octanol–water partition coefficient (Wildman–Crippen LogP) is 6.57. The summed E-state index contributed by atoms with van der Waals surface area (Å²) in [7, 11) is 0. The molecule has 4 aromatic carbocycles. The first kappa shape index (κ1) is 31.8. The highest BCUT2D eigenvalue weighted by Gasteiger charge is 2.22. The molecule has 0 saturated carbocycles. The monoisotopic (exact) mass is 679 g/mol. The van der Waals surface area contributed by atoms with Gasteiger partial charge in [-0.2, -0.15) is 5.21 Å². The molecule has 2 aliphatic heterocycles. The average Bonchev–Trinajstić information content (AvgIpc) is 3.94. The molecule has 10 nitrogen and oxygen atoms in total. The van der Waals surface area contributed by atoms with Crippen LogP contribution in [0.25, 0.3) is 43.7 Å². The lowest BCUT2D eigenvalue weighted by atomic mass is 10.00. The third-order valence-electron chi connectivity index (χ3n) is 8.64. The highest BCUT2D eigenvalue weighted by molar-refractivity contribution is 7.17. The Hall–Kier alpha value is -4.81. The highest BCUT2D eigenvalue weighted by atomic mass is 35.5. The summed E-state index contributed by atoms with van der Waals surface area (Å²) in [6.45, 7) is 3.46. The minimum Gasteiger partial charge on any atom is -0.488 e. The van der Waals surface area contributed by atoms with E-state index in [2.05, 4.69) is 66.2 Å². The van der Waals surface area contributed by atoms with Crippen molar-refractivity contribution >= 4 is 45.4 Å². The highest BCUT2D eigenvalue weighted by Crippen LogP contribution is 2.37.